The van der Waals surface area contributed by atoms with Gasteiger partial charge in [-0.2, -0.15) is 0 Å². The average Bonchev–Trinajstić information content (AvgIpc) is 2.68. The molecule has 2 N–H and O–H groups in total. The molecule has 0 radical (unpaired) electrons. The van der Waals surface area contributed by atoms with Gasteiger partial charge in [-0.25, -0.2) is 4.79 Å². The fraction of sp³-hybridized carbons (Fsp3) is 0.400. The summed E-state index contributed by atoms with van der Waals surface area (Å²) in [6, 6.07) is 13.4. The topological polar surface area (TPSA) is 57.3 Å². The van der Waals surface area contributed by atoms with Crippen molar-refractivity contribution >= 4 is 6.03 Å². The molecular weight excluding hydrogens is 312 g/mol. The predicted molar refractivity (Wildman–Crippen MR) is 98.4 cm³/mol. The van der Waals surface area contributed by atoms with E-state index in [0.717, 1.165) is 31.6 Å². The molecule has 0 aliphatic carbocycles. The second kappa shape index (κ2) is 6.84. The fourth-order valence-corrected chi connectivity index (χ4v) is 4.08. The van der Waals surface area contributed by atoms with Crippen LogP contribution in [0, 0.1) is 0 Å². The maximum Gasteiger partial charge on any atom is 0.318 e. The van der Waals surface area contributed by atoms with Gasteiger partial charge in [-0.1, -0.05) is 37.3 Å². The van der Waals surface area contributed by atoms with Crippen LogP contribution < -0.4 is 10.6 Å². The molecule has 5 nitrogen and oxygen atoms in total. The third kappa shape index (κ3) is 2.89. The van der Waals surface area contributed by atoms with Crippen molar-refractivity contribution in [3.63, 3.8) is 0 Å². The van der Waals surface area contributed by atoms with Crippen molar-refractivity contribution in [3.05, 3.63) is 54.4 Å². The molecular formula is C20H24N4O. The molecule has 2 saturated heterocycles. The predicted octanol–water partition coefficient (Wildman–Crippen LogP) is 2.61. The Kier molecular flexibility index (Phi) is 4.40. The average molecular weight is 336 g/mol. The number of hydrogen-bond acceptors (Lipinski definition) is 3. The second-order valence-corrected chi connectivity index (χ2v) is 6.82. The number of urea groups is 1. The van der Waals surface area contributed by atoms with Crippen molar-refractivity contribution in [2.75, 3.05) is 19.6 Å². The Morgan fingerprint density at radius 1 is 1.20 bits per heavy atom. The number of rotatable bonds is 4. The summed E-state index contributed by atoms with van der Waals surface area (Å²) in [6.07, 6.45) is 4.64. The van der Waals surface area contributed by atoms with Gasteiger partial charge in [0.15, 0.2) is 0 Å². The molecule has 2 bridgehead atoms. The molecule has 1 unspecified atom stereocenters. The highest BCUT2D eigenvalue weighted by atomic mass is 16.2. The summed E-state index contributed by atoms with van der Waals surface area (Å²) in [6.45, 7) is 4.55. The standard InChI is InChI=1S/C20H24N4O/c1-2-9-23-20(25)24-17-12-22-13-18(24)19(17)15-7-5-14(6-8-15)16-4-3-10-21-11-16/h3-8,10-11,17-19,22H,2,9,12-13H2,1H3,(H,23,25)/t17-,18+,19?. The van der Waals surface area contributed by atoms with E-state index in [1.165, 1.54) is 11.1 Å². The summed E-state index contributed by atoms with van der Waals surface area (Å²) in [5.41, 5.74) is 3.63. The molecule has 2 aliphatic heterocycles. The Balaban J connectivity index is 1.50. The van der Waals surface area contributed by atoms with E-state index in [2.05, 4.69) is 52.9 Å². The van der Waals surface area contributed by atoms with Crippen LogP contribution in [0.15, 0.2) is 48.8 Å². The van der Waals surface area contributed by atoms with Gasteiger partial charge in [0.1, 0.15) is 0 Å². The van der Waals surface area contributed by atoms with Gasteiger partial charge in [0.05, 0.1) is 12.1 Å². The molecule has 3 heterocycles. The van der Waals surface area contributed by atoms with Crippen molar-refractivity contribution in [1.29, 1.82) is 0 Å². The fourth-order valence-electron chi connectivity index (χ4n) is 4.08. The van der Waals surface area contributed by atoms with E-state index < -0.39 is 0 Å². The lowest BCUT2D eigenvalue weighted by atomic mass is 9.72. The zero-order chi connectivity index (χ0) is 17.2. The van der Waals surface area contributed by atoms with E-state index >= 15 is 0 Å². The van der Waals surface area contributed by atoms with Crippen molar-refractivity contribution in [2.45, 2.75) is 31.3 Å². The first-order chi connectivity index (χ1) is 12.3. The largest absolute Gasteiger partial charge is 0.338 e. The highest BCUT2D eigenvalue weighted by Gasteiger charge is 2.53. The van der Waals surface area contributed by atoms with Gasteiger partial charge in [-0.05, 0) is 29.2 Å². The summed E-state index contributed by atoms with van der Waals surface area (Å²) in [5, 5.41) is 6.45. The molecule has 5 heteroatoms. The Labute approximate surface area is 148 Å². The Morgan fingerprint density at radius 2 is 1.96 bits per heavy atom. The zero-order valence-corrected chi connectivity index (χ0v) is 14.5. The number of aromatic nitrogens is 1. The quantitative estimate of drug-likeness (QED) is 0.902. The molecule has 25 heavy (non-hydrogen) atoms. The number of carbonyl (C=O) groups excluding carboxylic acids is 1. The molecule has 1 aromatic heterocycles. The molecule has 3 atom stereocenters. The molecule has 130 valence electrons. The van der Waals surface area contributed by atoms with Crippen LogP contribution in [0.25, 0.3) is 11.1 Å². The highest BCUT2D eigenvalue weighted by Crippen LogP contribution is 2.42. The van der Waals surface area contributed by atoms with Gasteiger partial charge in [0, 0.05) is 37.9 Å². The van der Waals surface area contributed by atoms with Crippen LogP contribution >= 0.6 is 0 Å². The Bertz CT molecular complexity index is 719. The molecule has 0 spiro atoms. The van der Waals surface area contributed by atoms with Crippen molar-refractivity contribution in [3.8, 4) is 11.1 Å². The molecule has 2 amide bonds. The van der Waals surface area contributed by atoms with E-state index in [0.29, 0.717) is 5.92 Å². The number of fused-ring (bicyclic) bond motifs is 2. The zero-order valence-electron chi connectivity index (χ0n) is 14.5. The minimum absolute atomic E-state index is 0.0848. The van der Waals surface area contributed by atoms with E-state index in [-0.39, 0.29) is 18.1 Å². The number of piperidine rings is 1. The third-order valence-electron chi connectivity index (χ3n) is 5.30. The number of amides is 2. The summed E-state index contributed by atoms with van der Waals surface area (Å²) in [5.74, 6) is 0.427. The van der Waals surface area contributed by atoms with Crippen LogP contribution in [-0.4, -0.2) is 47.6 Å². The van der Waals surface area contributed by atoms with Gasteiger partial charge >= 0.3 is 6.03 Å². The maximum atomic E-state index is 12.4. The number of carbonyl (C=O) groups is 1. The third-order valence-corrected chi connectivity index (χ3v) is 5.30. The number of nitrogens with zero attached hydrogens (tertiary/aromatic N) is 2. The minimum Gasteiger partial charge on any atom is -0.338 e. The summed E-state index contributed by atoms with van der Waals surface area (Å²) in [7, 11) is 0. The van der Waals surface area contributed by atoms with Gasteiger partial charge in [0.2, 0.25) is 0 Å². The number of pyridine rings is 1. The molecule has 4 rings (SSSR count). The summed E-state index contributed by atoms with van der Waals surface area (Å²) >= 11 is 0. The maximum absolute atomic E-state index is 12.4. The SMILES string of the molecule is CCCNC(=O)N1[C@@H]2CNC[C@H]1C2c1ccc(-c2cccnc2)cc1. The number of benzene rings is 1. The van der Waals surface area contributed by atoms with Gasteiger partial charge < -0.3 is 15.5 Å². The van der Waals surface area contributed by atoms with E-state index in [1.807, 2.05) is 17.2 Å². The molecule has 0 saturated carbocycles. The Hall–Kier alpha value is -2.40. The van der Waals surface area contributed by atoms with Crippen LogP contribution in [0.5, 0.6) is 0 Å². The highest BCUT2D eigenvalue weighted by molar-refractivity contribution is 5.77. The monoisotopic (exact) mass is 336 g/mol. The minimum atomic E-state index is 0.0848. The van der Waals surface area contributed by atoms with Crippen molar-refractivity contribution in [1.82, 2.24) is 20.5 Å². The lowest BCUT2D eigenvalue weighted by Crippen LogP contribution is -2.75. The first kappa shape index (κ1) is 16.1. The lowest BCUT2D eigenvalue weighted by Gasteiger charge is -2.59. The first-order valence-electron chi connectivity index (χ1n) is 9.07. The molecule has 2 aliphatic rings. The van der Waals surface area contributed by atoms with E-state index in [1.54, 1.807) is 6.20 Å². The smallest absolute Gasteiger partial charge is 0.318 e. The number of nitrogens with one attached hydrogen (secondary N) is 2. The molecule has 2 aromatic rings. The van der Waals surface area contributed by atoms with Crippen LogP contribution in [0.4, 0.5) is 4.79 Å². The van der Waals surface area contributed by atoms with E-state index in [9.17, 15) is 4.79 Å². The van der Waals surface area contributed by atoms with Gasteiger partial charge in [-0.15, -0.1) is 0 Å². The van der Waals surface area contributed by atoms with E-state index in [4.69, 9.17) is 0 Å². The lowest BCUT2D eigenvalue weighted by molar-refractivity contribution is -0.00341. The van der Waals surface area contributed by atoms with Crippen molar-refractivity contribution in [2.24, 2.45) is 0 Å². The molecule has 2 fully saturated rings. The van der Waals surface area contributed by atoms with Crippen molar-refractivity contribution < 1.29 is 4.79 Å². The second-order valence-electron chi connectivity index (χ2n) is 6.82. The van der Waals surface area contributed by atoms with Gasteiger partial charge in [0.25, 0.3) is 0 Å². The van der Waals surface area contributed by atoms with Crippen LogP contribution in [-0.2, 0) is 0 Å². The summed E-state index contributed by atoms with van der Waals surface area (Å²) in [4.78, 5) is 18.6. The molecule has 1 aromatic carbocycles. The normalized spacial score (nSPS) is 24.5. The van der Waals surface area contributed by atoms with Gasteiger partial charge in [-0.3, -0.25) is 4.98 Å². The summed E-state index contributed by atoms with van der Waals surface area (Å²) < 4.78 is 0. The van der Waals surface area contributed by atoms with Crippen LogP contribution in [0.2, 0.25) is 0 Å². The van der Waals surface area contributed by atoms with Crippen LogP contribution in [0.3, 0.4) is 0 Å². The first-order valence-corrected chi connectivity index (χ1v) is 9.07. The number of piperazine rings is 1. The van der Waals surface area contributed by atoms with Crippen LogP contribution in [0.1, 0.15) is 24.8 Å². The Morgan fingerprint density at radius 3 is 2.60 bits per heavy atom. The number of hydrogen-bond donors (Lipinski definition) is 2.